The molecule has 160 valence electrons. The number of rotatable bonds is 8. The molecule has 30 heavy (non-hydrogen) atoms. The first kappa shape index (κ1) is 21.6. The molecule has 7 nitrogen and oxygen atoms in total. The van der Waals surface area contributed by atoms with Gasteiger partial charge in [0.25, 0.3) is 0 Å². The number of carboxylic acids is 1. The monoisotopic (exact) mass is 412 g/mol. The molecule has 0 aliphatic carbocycles. The Hall–Kier alpha value is -3.09. The Bertz CT molecular complexity index is 1170. The van der Waals surface area contributed by atoms with E-state index in [2.05, 4.69) is 5.32 Å². The van der Waals surface area contributed by atoms with Crippen molar-refractivity contribution < 1.29 is 23.5 Å². The number of hydrogen-bond acceptors (Lipinski definition) is 6. The van der Waals surface area contributed by atoms with Crippen LogP contribution in [0.3, 0.4) is 0 Å². The zero-order valence-electron chi connectivity index (χ0n) is 17.7. The second-order valence-corrected chi connectivity index (χ2v) is 7.70. The van der Waals surface area contributed by atoms with Gasteiger partial charge in [0.1, 0.15) is 16.9 Å². The van der Waals surface area contributed by atoms with E-state index in [9.17, 15) is 19.5 Å². The predicted molar refractivity (Wildman–Crippen MR) is 111 cm³/mol. The third-order valence-electron chi connectivity index (χ3n) is 5.65. The molecular formula is C23H26NO6-. The van der Waals surface area contributed by atoms with Gasteiger partial charge in [0, 0.05) is 28.8 Å². The zero-order valence-corrected chi connectivity index (χ0v) is 17.7. The van der Waals surface area contributed by atoms with Crippen LogP contribution < -0.4 is 16.0 Å². The van der Waals surface area contributed by atoms with Gasteiger partial charge in [-0.25, -0.2) is 4.79 Å². The van der Waals surface area contributed by atoms with Crippen LogP contribution in [-0.4, -0.2) is 17.9 Å². The maximum Gasteiger partial charge on any atom is 0.339 e. The van der Waals surface area contributed by atoms with Crippen LogP contribution in [0.2, 0.25) is 0 Å². The van der Waals surface area contributed by atoms with E-state index in [-0.39, 0.29) is 12.8 Å². The minimum absolute atomic E-state index is 0.0148. The second-order valence-electron chi connectivity index (χ2n) is 7.70. The van der Waals surface area contributed by atoms with E-state index >= 15 is 0 Å². The molecule has 0 aliphatic rings. The number of carbonyl (C=O) groups excluding carboxylic acids is 2. The van der Waals surface area contributed by atoms with Crippen molar-refractivity contribution in [1.82, 2.24) is 5.32 Å². The average Bonchev–Trinajstić information content (AvgIpc) is 2.96. The molecule has 1 aromatic carbocycles. The number of unbranched alkanes of at least 4 members (excludes halogenated alkanes) is 1. The van der Waals surface area contributed by atoms with Crippen LogP contribution in [0.4, 0.5) is 0 Å². The molecule has 0 bridgehead atoms. The fraction of sp³-hybridized carbons (Fsp3) is 0.435. The van der Waals surface area contributed by atoms with Gasteiger partial charge in [0.15, 0.2) is 0 Å². The smallest absolute Gasteiger partial charge is 0.339 e. The van der Waals surface area contributed by atoms with E-state index in [1.807, 2.05) is 33.8 Å². The molecule has 3 rings (SSSR count). The van der Waals surface area contributed by atoms with E-state index in [1.54, 1.807) is 6.07 Å². The SMILES string of the molecule is CCCC[C@@H](NC(=O)CCc1c(C)c2cc3c(C)c(C)oc3cc2oc1=O)C(=O)[O-]. The van der Waals surface area contributed by atoms with Crippen LogP contribution in [0, 0.1) is 20.8 Å². The van der Waals surface area contributed by atoms with Crippen molar-refractivity contribution >= 4 is 33.8 Å². The molecule has 2 aromatic heterocycles. The summed E-state index contributed by atoms with van der Waals surface area (Å²) in [7, 11) is 0. The van der Waals surface area contributed by atoms with Gasteiger partial charge in [-0.15, -0.1) is 0 Å². The van der Waals surface area contributed by atoms with E-state index in [1.165, 1.54) is 0 Å². The summed E-state index contributed by atoms with van der Waals surface area (Å²) in [4.78, 5) is 36.0. The third-order valence-corrected chi connectivity index (χ3v) is 5.65. The van der Waals surface area contributed by atoms with Crippen LogP contribution in [0.15, 0.2) is 25.8 Å². The summed E-state index contributed by atoms with van der Waals surface area (Å²) in [6, 6.07) is 2.63. The highest BCUT2D eigenvalue weighted by atomic mass is 16.4. The molecule has 1 atom stereocenters. The molecule has 0 radical (unpaired) electrons. The van der Waals surface area contributed by atoms with E-state index < -0.39 is 23.5 Å². The summed E-state index contributed by atoms with van der Waals surface area (Å²) in [5.41, 5.74) is 2.77. The van der Waals surface area contributed by atoms with Gasteiger partial charge in [0.2, 0.25) is 5.91 Å². The first-order valence-electron chi connectivity index (χ1n) is 10.2. The lowest BCUT2D eigenvalue weighted by atomic mass is 10.00. The number of furan rings is 1. The number of amides is 1. The first-order valence-corrected chi connectivity index (χ1v) is 10.2. The number of benzene rings is 1. The van der Waals surface area contributed by atoms with Gasteiger partial charge in [0.05, 0.1) is 12.0 Å². The lowest BCUT2D eigenvalue weighted by Gasteiger charge is -2.19. The predicted octanol–water partition coefficient (Wildman–Crippen LogP) is 2.82. The fourth-order valence-corrected chi connectivity index (χ4v) is 3.68. The summed E-state index contributed by atoms with van der Waals surface area (Å²) in [5.74, 6) is -0.924. The maximum atomic E-state index is 12.5. The van der Waals surface area contributed by atoms with Gasteiger partial charge in [-0.2, -0.15) is 0 Å². The molecule has 1 N–H and O–H groups in total. The van der Waals surface area contributed by atoms with Crippen molar-refractivity contribution in [3.05, 3.63) is 45.0 Å². The molecule has 3 aromatic rings. The molecule has 0 aliphatic heterocycles. The molecule has 1 amide bonds. The van der Waals surface area contributed by atoms with Crippen molar-refractivity contribution in [1.29, 1.82) is 0 Å². The zero-order chi connectivity index (χ0) is 22.0. The van der Waals surface area contributed by atoms with Crippen molar-refractivity contribution in [2.24, 2.45) is 0 Å². The molecule has 0 saturated carbocycles. The summed E-state index contributed by atoms with van der Waals surface area (Å²) in [5, 5.41) is 15.4. The minimum atomic E-state index is -1.30. The van der Waals surface area contributed by atoms with Gasteiger partial charge in [-0.05, 0) is 50.8 Å². The number of carboxylic acid groups (broad SMARTS) is 1. The summed E-state index contributed by atoms with van der Waals surface area (Å²) in [6.07, 6.45) is 1.96. The molecule has 0 fully saturated rings. The Kier molecular flexibility index (Phi) is 6.29. The third kappa shape index (κ3) is 4.25. The number of aliphatic carboxylic acids is 1. The lowest BCUT2D eigenvalue weighted by molar-refractivity contribution is -0.308. The molecule has 0 saturated heterocycles. The Labute approximate surface area is 174 Å². The topological polar surface area (TPSA) is 113 Å². The Morgan fingerprint density at radius 1 is 1.07 bits per heavy atom. The van der Waals surface area contributed by atoms with Crippen molar-refractivity contribution in [3.8, 4) is 0 Å². The van der Waals surface area contributed by atoms with Gasteiger partial charge < -0.3 is 24.1 Å². The highest BCUT2D eigenvalue weighted by Crippen LogP contribution is 2.31. The maximum absolute atomic E-state index is 12.5. The van der Waals surface area contributed by atoms with Crippen LogP contribution in [0.25, 0.3) is 21.9 Å². The van der Waals surface area contributed by atoms with Crippen LogP contribution >= 0.6 is 0 Å². The van der Waals surface area contributed by atoms with Crippen molar-refractivity contribution in [2.75, 3.05) is 0 Å². The average molecular weight is 412 g/mol. The molecule has 2 heterocycles. The number of carbonyl (C=O) groups is 2. The van der Waals surface area contributed by atoms with Gasteiger partial charge >= 0.3 is 5.63 Å². The lowest BCUT2D eigenvalue weighted by Crippen LogP contribution is -2.47. The van der Waals surface area contributed by atoms with Crippen LogP contribution in [-0.2, 0) is 16.0 Å². The second kappa shape index (κ2) is 8.73. The van der Waals surface area contributed by atoms with E-state index in [0.717, 1.165) is 34.1 Å². The number of aryl methyl sites for hydroxylation is 3. The normalized spacial score (nSPS) is 12.4. The number of hydrogen-bond donors (Lipinski definition) is 1. The van der Waals surface area contributed by atoms with Crippen LogP contribution in [0.5, 0.6) is 0 Å². The first-order chi connectivity index (χ1) is 14.2. The Morgan fingerprint density at radius 2 is 1.73 bits per heavy atom. The van der Waals surface area contributed by atoms with Crippen molar-refractivity contribution in [3.63, 3.8) is 0 Å². The summed E-state index contributed by atoms with van der Waals surface area (Å²) in [6.45, 7) is 7.62. The highest BCUT2D eigenvalue weighted by Gasteiger charge is 2.18. The molecule has 0 unspecified atom stereocenters. The van der Waals surface area contributed by atoms with Crippen LogP contribution in [0.1, 0.15) is 55.1 Å². The minimum Gasteiger partial charge on any atom is -0.548 e. The van der Waals surface area contributed by atoms with Gasteiger partial charge in [-0.1, -0.05) is 19.8 Å². The molecule has 7 heteroatoms. The summed E-state index contributed by atoms with van der Waals surface area (Å²) < 4.78 is 11.2. The summed E-state index contributed by atoms with van der Waals surface area (Å²) >= 11 is 0. The number of fused-ring (bicyclic) bond motifs is 2. The van der Waals surface area contributed by atoms with E-state index in [0.29, 0.717) is 29.6 Å². The molecular weight excluding hydrogens is 386 g/mol. The largest absolute Gasteiger partial charge is 0.548 e. The molecule has 0 spiro atoms. The highest BCUT2D eigenvalue weighted by molar-refractivity contribution is 5.96. The Balaban J connectivity index is 1.84. The standard InChI is InChI=1S/C23H27NO6/c1-5-6-7-18(22(26)27)24-21(25)9-8-15-13(3)17-10-16-12(2)14(4)29-19(16)11-20(17)30-23(15)28/h10-11,18H,5-9H2,1-4H3,(H,24,25)(H,26,27)/p-1/t18-/m1/s1. The number of nitrogens with one attached hydrogen (secondary N) is 1. The Morgan fingerprint density at radius 3 is 2.40 bits per heavy atom. The quantitative estimate of drug-likeness (QED) is 0.569. The van der Waals surface area contributed by atoms with E-state index in [4.69, 9.17) is 8.83 Å². The van der Waals surface area contributed by atoms with Crippen molar-refractivity contribution in [2.45, 2.75) is 65.8 Å². The fourth-order valence-electron chi connectivity index (χ4n) is 3.68. The van der Waals surface area contributed by atoms with Gasteiger partial charge in [-0.3, -0.25) is 4.79 Å².